The zero-order valence-corrected chi connectivity index (χ0v) is 16.3. The fraction of sp³-hybridized carbons (Fsp3) is 0.100. The molecule has 8 heteroatoms. The van der Waals surface area contributed by atoms with Gasteiger partial charge in [-0.3, -0.25) is 4.79 Å². The van der Waals surface area contributed by atoms with E-state index in [2.05, 4.69) is 16.0 Å². The molecule has 0 saturated heterocycles. The number of amides is 3. The van der Waals surface area contributed by atoms with Crippen molar-refractivity contribution >= 4 is 46.5 Å². The van der Waals surface area contributed by atoms with E-state index in [9.17, 15) is 9.59 Å². The lowest BCUT2D eigenvalue weighted by atomic mass is 10.1. The lowest BCUT2D eigenvalue weighted by Gasteiger charge is -2.17. The molecule has 6 nitrogen and oxygen atoms in total. The van der Waals surface area contributed by atoms with Crippen molar-refractivity contribution in [2.24, 2.45) is 0 Å². The first kappa shape index (κ1) is 19.8. The van der Waals surface area contributed by atoms with E-state index in [-0.39, 0.29) is 17.7 Å². The summed E-state index contributed by atoms with van der Waals surface area (Å²) in [6, 6.07) is 14.3. The molecule has 1 atom stereocenters. The number of urea groups is 1. The van der Waals surface area contributed by atoms with E-state index in [4.69, 9.17) is 27.6 Å². The Labute approximate surface area is 171 Å². The maximum Gasteiger partial charge on any atom is 0.319 e. The third-order valence-electron chi connectivity index (χ3n) is 3.90. The van der Waals surface area contributed by atoms with Crippen LogP contribution in [0.25, 0.3) is 0 Å². The van der Waals surface area contributed by atoms with E-state index in [1.54, 1.807) is 54.6 Å². The first-order chi connectivity index (χ1) is 13.4. The molecule has 0 aliphatic heterocycles. The van der Waals surface area contributed by atoms with E-state index in [0.29, 0.717) is 21.4 Å². The molecule has 0 spiro atoms. The number of carbonyl (C=O) groups is 2. The van der Waals surface area contributed by atoms with Crippen molar-refractivity contribution in [2.45, 2.75) is 13.0 Å². The fourth-order valence-electron chi connectivity index (χ4n) is 2.57. The molecule has 3 rings (SSSR count). The molecule has 0 saturated carbocycles. The van der Waals surface area contributed by atoms with Gasteiger partial charge in [-0.15, -0.1) is 0 Å². The fourth-order valence-corrected chi connectivity index (χ4v) is 3.14. The zero-order chi connectivity index (χ0) is 20.1. The summed E-state index contributed by atoms with van der Waals surface area (Å²) in [5, 5.41) is 9.24. The summed E-state index contributed by atoms with van der Waals surface area (Å²) in [5.41, 5.74) is 1.79. The van der Waals surface area contributed by atoms with Crippen LogP contribution in [0.1, 0.15) is 29.1 Å². The van der Waals surface area contributed by atoms with Gasteiger partial charge in [-0.1, -0.05) is 35.3 Å². The Hall–Kier alpha value is -2.96. The number of hydrogen-bond acceptors (Lipinski definition) is 3. The van der Waals surface area contributed by atoms with E-state index >= 15 is 0 Å². The van der Waals surface area contributed by atoms with Crippen LogP contribution < -0.4 is 16.0 Å². The Morgan fingerprint density at radius 3 is 2.39 bits per heavy atom. The summed E-state index contributed by atoms with van der Waals surface area (Å²) >= 11 is 12.1. The number of hydrogen-bond donors (Lipinski definition) is 3. The molecule has 0 aliphatic carbocycles. The molecule has 0 aliphatic rings. The summed E-state index contributed by atoms with van der Waals surface area (Å²) in [6.45, 7) is 1.81. The predicted octanol–water partition coefficient (Wildman–Crippen LogP) is 5.72. The van der Waals surface area contributed by atoms with Gasteiger partial charge in [0, 0.05) is 21.4 Å². The number of rotatable bonds is 5. The molecule has 1 heterocycles. The second kappa shape index (κ2) is 8.82. The van der Waals surface area contributed by atoms with Gasteiger partial charge >= 0.3 is 6.03 Å². The lowest BCUT2D eigenvalue weighted by Crippen LogP contribution is -2.31. The Bertz CT molecular complexity index is 990. The topological polar surface area (TPSA) is 83.4 Å². The van der Waals surface area contributed by atoms with Gasteiger partial charge in [0.05, 0.1) is 12.3 Å². The Morgan fingerprint density at radius 2 is 1.71 bits per heavy atom. The zero-order valence-electron chi connectivity index (χ0n) is 14.8. The van der Waals surface area contributed by atoms with Crippen molar-refractivity contribution in [3.05, 3.63) is 82.2 Å². The summed E-state index contributed by atoms with van der Waals surface area (Å²) in [7, 11) is 0. The number of anilines is 2. The molecular formula is C20H17Cl2N3O3. The smallest absolute Gasteiger partial charge is 0.319 e. The minimum atomic E-state index is -0.409. The van der Waals surface area contributed by atoms with Crippen LogP contribution in [0.3, 0.4) is 0 Å². The van der Waals surface area contributed by atoms with E-state index in [1.165, 1.54) is 6.26 Å². The van der Waals surface area contributed by atoms with Crippen LogP contribution >= 0.6 is 23.2 Å². The Morgan fingerprint density at radius 1 is 0.964 bits per heavy atom. The maximum absolute atomic E-state index is 12.3. The van der Waals surface area contributed by atoms with Gasteiger partial charge in [0.1, 0.15) is 0 Å². The number of furan rings is 1. The Balaban J connectivity index is 1.61. The van der Waals surface area contributed by atoms with Crippen LogP contribution in [0.2, 0.25) is 10.0 Å². The molecule has 0 unspecified atom stereocenters. The van der Waals surface area contributed by atoms with Crippen LogP contribution in [0.5, 0.6) is 0 Å². The molecule has 0 fully saturated rings. The molecule has 144 valence electrons. The van der Waals surface area contributed by atoms with E-state index in [1.807, 2.05) is 6.92 Å². The van der Waals surface area contributed by atoms with Gasteiger partial charge in [0.2, 0.25) is 0 Å². The van der Waals surface area contributed by atoms with E-state index in [0.717, 1.165) is 5.56 Å². The van der Waals surface area contributed by atoms with Crippen molar-refractivity contribution in [3.63, 3.8) is 0 Å². The van der Waals surface area contributed by atoms with Crippen molar-refractivity contribution in [3.8, 4) is 0 Å². The molecule has 0 radical (unpaired) electrons. The minimum absolute atomic E-state index is 0.199. The monoisotopic (exact) mass is 417 g/mol. The largest absolute Gasteiger partial charge is 0.459 e. The third-order valence-corrected chi connectivity index (χ3v) is 4.46. The third kappa shape index (κ3) is 5.06. The summed E-state index contributed by atoms with van der Waals surface area (Å²) in [4.78, 5) is 24.3. The molecule has 3 aromatic rings. The van der Waals surface area contributed by atoms with Crippen LogP contribution in [0, 0.1) is 0 Å². The van der Waals surface area contributed by atoms with Crippen LogP contribution in [-0.4, -0.2) is 11.9 Å². The normalized spacial score (nSPS) is 11.5. The van der Waals surface area contributed by atoms with Gasteiger partial charge in [-0.25, -0.2) is 4.79 Å². The lowest BCUT2D eigenvalue weighted by molar-refractivity contribution is 0.0996. The molecule has 0 bridgehead atoms. The Kier molecular flexibility index (Phi) is 6.23. The van der Waals surface area contributed by atoms with Crippen LogP contribution in [-0.2, 0) is 0 Å². The number of carbonyl (C=O) groups excluding carboxylic acids is 2. The highest BCUT2D eigenvalue weighted by molar-refractivity contribution is 6.35. The first-order valence-corrected chi connectivity index (χ1v) is 9.15. The van der Waals surface area contributed by atoms with Crippen molar-refractivity contribution in [1.29, 1.82) is 0 Å². The highest BCUT2D eigenvalue weighted by atomic mass is 35.5. The SMILES string of the molecule is C[C@H](NC(=O)Nc1cccc(NC(=O)c2ccco2)c1)c1ccc(Cl)cc1Cl. The second-order valence-corrected chi connectivity index (χ2v) is 6.84. The van der Waals surface area contributed by atoms with Crippen molar-refractivity contribution in [2.75, 3.05) is 10.6 Å². The van der Waals surface area contributed by atoms with Crippen molar-refractivity contribution in [1.82, 2.24) is 5.32 Å². The average molecular weight is 418 g/mol. The maximum atomic E-state index is 12.3. The molecule has 28 heavy (non-hydrogen) atoms. The van der Waals surface area contributed by atoms with E-state index < -0.39 is 6.03 Å². The quantitative estimate of drug-likeness (QED) is 0.496. The standard InChI is InChI=1S/C20H17Cl2N3O3/c1-12(16-8-7-13(21)10-17(16)22)23-20(27)25-15-5-2-4-14(11-15)24-19(26)18-6-3-9-28-18/h2-12H,1H3,(H,24,26)(H2,23,25,27)/t12-/m0/s1. The molecule has 2 aromatic carbocycles. The molecule has 3 N–H and O–H groups in total. The van der Waals surface area contributed by atoms with Gasteiger partial charge in [0.15, 0.2) is 5.76 Å². The van der Waals surface area contributed by atoms with Gasteiger partial charge < -0.3 is 20.4 Å². The molecule has 3 amide bonds. The van der Waals surface area contributed by atoms with Gasteiger partial charge in [-0.2, -0.15) is 0 Å². The summed E-state index contributed by atoms with van der Waals surface area (Å²) in [5.74, 6) is -0.178. The molecule has 1 aromatic heterocycles. The van der Waals surface area contributed by atoms with Crippen molar-refractivity contribution < 1.29 is 14.0 Å². The summed E-state index contributed by atoms with van der Waals surface area (Å²) < 4.78 is 5.05. The highest BCUT2D eigenvalue weighted by Crippen LogP contribution is 2.26. The second-order valence-electron chi connectivity index (χ2n) is 6.00. The van der Waals surface area contributed by atoms with Crippen LogP contribution in [0.4, 0.5) is 16.2 Å². The van der Waals surface area contributed by atoms with Gasteiger partial charge in [0.25, 0.3) is 5.91 Å². The van der Waals surface area contributed by atoms with Crippen LogP contribution in [0.15, 0.2) is 65.3 Å². The predicted molar refractivity (Wildman–Crippen MR) is 110 cm³/mol. The minimum Gasteiger partial charge on any atom is -0.459 e. The number of benzene rings is 2. The first-order valence-electron chi connectivity index (χ1n) is 8.40. The summed E-state index contributed by atoms with van der Waals surface area (Å²) in [6.07, 6.45) is 1.42. The number of nitrogens with one attached hydrogen (secondary N) is 3. The number of halogens is 2. The highest BCUT2D eigenvalue weighted by Gasteiger charge is 2.14. The molecular weight excluding hydrogens is 401 g/mol. The average Bonchev–Trinajstić information content (AvgIpc) is 3.16. The van der Waals surface area contributed by atoms with Gasteiger partial charge in [-0.05, 0) is 55.0 Å².